The number of nitrogens with one attached hydrogen (secondary N) is 1. The molecule has 2 aliphatic rings. The topological polar surface area (TPSA) is 38.7 Å². The van der Waals surface area contributed by atoms with Gasteiger partial charge in [-0.25, -0.2) is 0 Å². The highest BCUT2D eigenvalue weighted by atomic mass is 16.3. The Bertz CT molecular complexity index is 267. The molecule has 2 N–H and O–H groups in total. The molecular weight excluding hydrogens is 238 g/mol. The molecule has 1 atom stereocenters. The van der Waals surface area contributed by atoms with Gasteiger partial charge in [-0.3, -0.25) is 4.90 Å². The van der Waals surface area contributed by atoms with Crippen molar-refractivity contribution in [2.24, 2.45) is 11.3 Å². The summed E-state index contributed by atoms with van der Waals surface area (Å²) in [4.78, 5) is 4.83. The second-order valence-corrected chi connectivity index (χ2v) is 6.89. The molecule has 112 valence electrons. The van der Waals surface area contributed by atoms with E-state index in [1.165, 1.54) is 32.5 Å². The summed E-state index contributed by atoms with van der Waals surface area (Å²) in [5.74, 6) is 0.772. The monoisotopic (exact) mass is 269 g/mol. The fraction of sp³-hybridized carbons (Fsp3) is 1.00. The Hall–Kier alpha value is -0.160. The zero-order valence-electron chi connectivity index (χ0n) is 12.9. The van der Waals surface area contributed by atoms with Crippen molar-refractivity contribution in [3.8, 4) is 0 Å². The normalized spacial score (nSPS) is 25.7. The summed E-state index contributed by atoms with van der Waals surface area (Å²) >= 11 is 0. The number of aliphatic hydroxyl groups excluding tert-OH is 1. The standard InChI is InChI=1S/C15H31N3O/c1-4-16-9-14(19)18-11-15(12-18)5-7-17(8-6-15)10-13(2)3/h13-14,16,19H,4-12H2,1-3H3. The second-order valence-electron chi connectivity index (χ2n) is 6.89. The van der Waals surface area contributed by atoms with Crippen LogP contribution in [0, 0.1) is 11.3 Å². The smallest absolute Gasteiger partial charge is 0.120 e. The first-order valence-corrected chi connectivity index (χ1v) is 7.90. The number of rotatable bonds is 6. The van der Waals surface area contributed by atoms with Gasteiger partial charge in [0.25, 0.3) is 0 Å². The summed E-state index contributed by atoms with van der Waals surface area (Å²) in [7, 11) is 0. The average molecular weight is 269 g/mol. The summed E-state index contributed by atoms with van der Waals surface area (Å²) in [5.41, 5.74) is 0.515. The zero-order chi connectivity index (χ0) is 13.9. The van der Waals surface area contributed by atoms with E-state index in [1.54, 1.807) is 0 Å². The number of nitrogens with zero attached hydrogens (tertiary/aromatic N) is 2. The van der Waals surface area contributed by atoms with Gasteiger partial charge in [0.15, 0.2) is 0 Å². The van der Waals surface area contributed by atoms with Gasteiger partial charge in [-0.1, -0.05) is 20.8 Å². The van der Waals surface area contributed by atoms with Gasteiger partial charge in [0.2, 0.25) is 0 Å². The lowest BCUT2D eigenvalue weighted by molar-refractivity contribution is -0.128. The summed E-state index contributed by atoms with van der Waals surface area (Å²) in [6.45, 7) is 14.2. The molecule has 2 fully saturated rings. The highest BCUT2D eigenvalue weighted by Gasteiger charge is 2.46. The Balaban J connectivity index is 1.69. The predicted octanol–water partition coefficient (Wildman–Crippen LogP) is 0.968. The Labute approximate surface area is 118 Å². The molecule has 0 amide bonds. The van der Waals surface area contributed by atoms with Gasteiger partial charge in [-0.2, -0.15) is 0 Å². The molecule has 0 bridgehead atoms. The highest BCUT2D eigenvalue weighted by molar-refractivity contribution is 4.99. The Kier molecular flexibility index (Phi) is 5.23. The van der Waals surface area contributed by atoms with Gasteiger partial charge in [0, 0.05) is 26.2 Å². The summed E-state index contributed by atoms with van der Waals surface area (Å²) < 4.78 is 0. The largest absolute Gasteiger partial charge is 0.377 e. The molecule has 2 heterocycles. The minimum atomic E-state index is -0.292. The number of hydrogen-bond acceptors (Lipinski definition) is 4. The molecule has 0 aliphatic carbocycles. The Morgan fingerprint density at radius 1 is 1.21 bits per heavy atom. The van der Waals surface area contributed by atoms with Crippen LogP contribution in [0.3, 0.4) is 0 Å². The van der Waals surface area contributed by atoms with E-state index in [4.69, 9.17) is 0 Å². The van der Waals surface area contributed by atoms with E-state index < -0.39 is 0 Å². The van der Waals surface area contributed by atoms with Gasteiger partial charge < -0.3 is 15.3 Å². The van der Waals surface area contributed by atoms with Crippen molar-refractivity contribution in [3.05, 3.63) is 0 Å². The molecule has 19 heavy (non-hydrogen) atoms. The van der Waals surface area contributed by atoms with E-state index in [-0.39, 0.29) is 6.23 Å². The van der Waals surface area contributed by atoms with Crippen LogP contribution >= 0.6 is 0 Å². The predicted molar refractivity (Wildman–Crippen MR) is 79.1 cm³/mol. The maximum Gasteiger partial charge on any atom is 0.120 e. The van der Waals surface area contributed by atoms with Crippen molar-refractivity contribution in [2.45, 2.75) is 39.8 Å². The van der Waals surface area contributed by atoms with Crippen molar-refractivity contribution in [1.29, 1.82) is 0 Å². The fourth-order valence-electron chi connectivity index (χ4n) is 3.47. The van der Waals surface area contributed by atoms with Gasteiger partial charge in [-0.05, 0) is 43.8 Å². The van der Waals surface area contributed by atoms with Crippen LogP contribution in [-0.4, -0.2) is 66.9 Å². The SMILES string of the molecule is CCNCC(O)N1CC2(CCN(CC(C)C)CC2)C1. The van der Waals surface area contributed by atoms with Crippen molar-refractivity contribution in [1.82, 2.24) is 15.1 Å². The fourth-order valence-corrected chi connectivity index (χ4v) is 3.47. The molecule has 0 aromatic rings. The number of piperidine rings is 1. The van der Waals surface area contributed by atoms with Crippen LogP contribution in [0.2, 0.25) is 0 Å². The highest BCUT2D eigenvalue weighted by Crippen LogP contribution is 2.41. The Morgan fingerprint density at radius 3 is 2.37 bits per heavy atom. The van der Waals surface area contributed by atoms with Crippen molar-refractivity contribution in [2.75, 3.05) is 45.8 Å². The van der Waals surface area contributed by atoms with Crippen LogP contribution in [0.15, 0.2) is 0 Å². The maximum absolute atomic E-state index is 10.0. The van der Waals surface area contributed by atoms with Crippen molar-refractivity contribution < 1.29 is 5.11 Å². The molecule has 2 rings (SSSR count). The van der Waals surface area contributed by atoms with E-state index in [0.29, 0.717) is 12.0 Å². The van der Waals surface area contributed by atoms with Crippen LogP contribution in [0.1, 0.15) is 33.6 Å². The first kappa shape index (κ1) is 15.2. The molecule has 2 aliphatic heterocycles. The number of hydrogen-bond donors (Lipinski definition) is 2. The Morgan fingerprint density at radius 2 is 1.84 bits per heavy atom. The third kappa shape index (κ3) is 3.91. The second kappa shape index (κ2) is 6.53. The average Bonchev–Trinajstić information content (AvgIpc) is 2.33. The van der Waals surface area contributed by atoms with Gasteiger partial charge in [0.05, 0.1) is 0 Å². The summed E-state index contributed by atoms with van der Waals surface area (Å²) in [6, 6.07) is 0. The molecule has 0 aromatic heterocycles. The van der Waals surface area contributed by atoms with Crippen LogP contribution in [0.5, 0.6) is 0 Å². The lowest BCUT2D eigenvalue weighted by Gasteiger charge is -2.55. The molecule has 0 aromatic carbocycles. The van der Waals surface area contributed by atoms with Crippen LogP contribution in [0.4, 0.5) is 0 Å². The number of likely N-dealkylation sites (N-methyl/N-ethyl adjacent to an activating group) is 1. The molecule has 4 nitrogen and oxygen atoms in total. The lowest BCUT2D eigenvalue weighted by atomic mass is 9.71. The number of likely N-dealkylation sites (tertiary alicyclic amines) is 2. The third-order valence-electron chi connectivity index (χ3n) is 4.62. The van der Waals surface area contributed by atoms with Gasteiger partial charge in [-0.15, -0.1) is 0 Å². The van der Waals surface area contributed by atoms with Crippen LogP contribution in [0.25, 0.3) is 0 Å². The molecule has 4 heteroatoms. The maximum atomic E-state index is 10.0. The third-order valence-corrected chi connectivity index (χ3v) is 4.62. The molecule has 1 spiro atoms. The molecular formula is C15H31N3O. The first-order valence-electron chi connectivity index (χ1n) is 7.90. The number of aliphatic hydroxyl groups is 1. The van der Waals surface area contributed by atoms with Crippen LogP contribution < -0.4 is 5.32 Å². The quantitative estimate of drug-likeness (QED) is 0.754. The zero-order valence-corrected chi connectivity index (χ0v) is 12.9. The molecule has 0 radical (unpaired) electrons. The molecule has 2 saturated heterocycles. The van der Waals surface area contributed by atoms with Gasteiger partial charge in [0.1, 0.15) is 6.23 Å². The van der Waals surface area contributed by atoms with E-state index in [9.17, 15) is 5.11 Å². The van der Waals surface area contributed by atoms with Crippen molar-refractivity contribution in [3.63, 3.8) is 0 Å². The molecule has 1 unspecified atom stereocenters. The van der Waals surface area contributed by atoms with Gasteiger partial charge >= 0.3 is 0 Å². The summed E-state index contributed by atoms with van der Waals surface area (Å²) in [6.07, 6.45) is 2.33. The first-order chi connectivity index (χ1) is 9.04. The van der Waals surface area contributed by atoms with E-state index in [2.05, 4.69) is 35.9 Å². The van der Waals surface area contributed by atoms with Crippen molar-refractivity contribution >= 4 is 0 Å². The van der Waals surface area contributed by atoms with E-state index in [1.807, 2.05) is 0 Å². The minimum Gasteiger partial charge on any atom is -0.377 e. The minimum absolute atomic E-state index is 0.292. The van der Waals surface area contributed by atoms with E-state index >= 15 is 0 Å². The lowest BCUT2D eigenvalue weighted by Crippen LogP contribution is -2.64. The molecule has 0 saturated carbocycles. The van der Waals surface area contributed by atoms with Crippen LogP contribution in [-0.2, 0) is 0 Å². The van der Waals surface area contributed by atoms with E-state index in [0.717, 1.165) is 25.6 Å². The summed E-state index contributed by atoms with van der Waals surface area (Å²) in [5, 5.41) is 13.3.